The Morgan fingerprint density at radius 1 is 0.527 bits per heavy atom. The zero-order valence-corrected chi connectivity index (χ0v) is 36.9. The highest BCUT2D eigenvalue weighted by molar-refractivity contribution is 5.70. The molecule has 0 bridgehead atoms. The molecule has 0 N–H and O–H groups in total. The molecule has 8 heteroatoms. The highest BCUT2D eigenvalue weighted by Gasteiger charge is 2.25. The van der Waals surface area contributed by atoms with Crippen LogP contribution in [0.5, 0.6) is 0 Å². The molecule has 2 unspecified atom stereocenters. The SMILES string of the molecule is CCCCCCCCCCC/C=C/CCCCCCCC(=O)OC(COCCC(C(=O)[O-])[N+](C)(C)C)COC(=O)CCCCCCCCCCCCCCC. The first kappa shape index (κ1) is 53.1. The van der Waals surface area contributed by atoms with Crippen LogP contribution in [0.2, 0.25) is 0 Å². The zero-order valence-electron chi connectivity index (χ0n) is 36.9. The number of carboxylic acid groups (broad SMARTS) is 1. The Balaban J connectivity index is 4.29. The standard InChI is InChI=1S/C47H89NO7/c1-6-8-10-12-14-16-18-20-21-22-23-24-26-28-30-32-34-36-38-46(50)55-43(41-53-40-39-44(47(51)52)48(3,4)5)42-54-45(49)37-35-33-31-29-27-25-19-17-15-13-11-9-7-2/h23-24,43-44H,6-22,25-42H2,1-5H3/b24-23+. The molecule has 0 saturated carbocycles. The van der Waals surface area contributed by atoms with Crippen molar-refractivity contribution in [3.05, 3.63) is 12.2 Å². The van der Waals surface area contributed by atoms with Crippen molar-refractivity contribution in [2.45, 2.75) is 231 Å². The van der Waals surface area contributed by atoms with E-state index in [2.05, 4.69) is 26.0 Å². The van der Waals surface area contributed by atoms with Crippen molar-refractivity contribution in [2.24, 2.45) is 0 Å². The summed E-state index contributed by atoms with van der Waals surface area (Å²) in [6, 6.07) is -0.722. The first-order valence-corrected chi connectivity index (χ1v) is 23.2. The van der Waals surface area contributed by atoms with Gasteiger partial charge in [0, 0.05) is 19.3 Å². The second kappa shape index (κ2) is 38.9. The molecule has 0 aromatic carbocycles. The Kier molecular flexibility index (Phi) is 37.6. The number of carbonyl (C=O) groups is 3. The number of carboxylic acids is 1. The van der Waals surface area contributed by atoms with E-state index in [0.29, 0.717) is 12.8 Å². The molecule has 0 amide bonds. The molecule has 0 spiro atoms. The molecule has 0 aliphatic heterocycles. The molecule has 8 nitrogen and oxygen atoms in total. The van der Waals surface area contributed by atoms with Crippen LogP contribution in [-0.4, -0.2) is 75.5 Å². The molecule has 0 fully saturated rings. The summed E-state index contributed by atoms with van der Waals surface area (Å²) in [5.41, 5.74) is 0. The van der Waals surface area contributed by atoms with Gasteiger partial charge in [-0.05, 0) is 38.5 Å². The molecule has 0 aliphatic rings. The number of carbonyl (C=O) groups excluding carboxylic acids is 3. The molecule has 0 aromatic rings. The monoisotopic (exact) mass is 780 g/mol. The van der Waals surface area contributed by atoms with Crippen molar-refractivity contribution >= 4 is 17.9 Å². The third-order valence-electron chi connectivity index (χ3n) is 10.7. The second-order valence-corrected chi connectivity index (χ2v) is 17.0. The van der Waals surface area contributed by atoms with Crippen LogP contribution in [0, 0.1) is 0 Å². The van der Waals surface area contributed by atoms with Crippen LogP contribution < -0.4 is 5.11 Å². The van der Waals surface area contributed by atoms with E-state index in [0.717, 1.165) is 51.4 Å². The van der Waals surface area contributed by atoms with Gasteiger partial charge in [0.15, 0.2) is 6.10 Å². The Morgan fingerprint density at radius 2 is 0.909 bits per heavy atom. The summed E-state index contributed by atoms with van der Waals surface area (Å²) in [5.74, 6) is -1.73. The normalized spacial score (nSPS) is 13.0. The molecular weight excluding hydrogens is 691 g/mol. The lowest BCUT2D eigenvalue weighted by molar-refractivity contribution is -0.889. The Labute approximate surface area is 339 Å². The minimum atomic E-state index is -1.12. The Morgan fingerprint density at radius 3 is 1.31 bits per heavy atom. The van der Waals surface area contributed by atoms with E-state index in [1.165, 1.54) is 135 Å². The largest absolute Gasteiger partial charge is 0.544 e. The molecule has 324 valence electrons. The smallest absolute Gasteiger partial charge is 0.306 e. The van der Waals surface area contributed by atoms with E-state index >= 15 is 0 Å². The van der Waals surface area contributed by atoms with Crippen LogP contribution in [0.25, 0.3) is 0 Å². The van der Waals surface area contributed by atoms with Gasteiger partial charge in [-0.2, -0.15) is 0 Å². The van der Waals surface area contributed by atoms with Gasteiger partial charge in [-0.3, -0.25) is 9.59 Å². The Bertz CT molecular complexity index is 915. The maximum atomic E-state index is 12.7. The van der Waals surface area contributed by atoms with Crippen LogP contribution in [-0.2, 0) is 28.6 Å². The van der Waals surface area contributed by atoms with Gasteiger partial charge in [-0.15, -0.1) is 0 Å². The minimum absolute atomic E-state index is 0.0430. The van der Waals surface area contributed by atoms with E-state index in [1.54, 1.807) is 21.1 Å². The lowest BCUT2D eigenvalue weighted by Crippen LogP contribution is -2.55. The number of quaternary nitrogens is 1. The topological polar surface area (TPSA) is 102 Å². The third-order valence-corrected chi connectivity index (χ3v) is 10.7. The van der Waals surface area contributed by atoms with Gasteiger partial charge in [-0.1, -0.05) is 174 Å². The predicted octanol–water partition coefficient (Wildman–Crippen LogP) is 11.4. The van der Waals surface area contributed by atoms with Crippen LogP contribution in [0.15, 0.2) is 12.2 Å². The summed E-state index contributed by atoms with van der Waals surface area (Å²) in [6.07, 6.45) is 40.9. The maximum absolute atomic E-state index is 12.7. The molecule has 0 aliphatic carbocycles. The number of aliphatic carboxylic acids is 1. The highest BCUT2D eigenvalue weighted by atomic mass is 16.6. The number of hydrogen-bond acceptors (Lipinski definition) is 7. The van der Waals surface area contributed by atoms with Crippen molar-refractivity contribution in [3.63, 3.8) is 0 Å². The van der Waals surface area contributed by atoms with Gasteiger partial charge >= 0.3 is 11.9 Å². The summed E-state index contributed by atoms with van der Waals surface area (Å²) < 4.78 is 17.2. The number of likely N-dealkylation sites (N-methyl/N-ethyl adjacent to an activating group) is 1. The van der Waals surface area contributed by atoms with Gasteiger partial charge in [-0.25, -0.2) is 0 Å². The van der Waals surface area contributed by atoms with E-state index < -0.39 is 18.1 Å². The average molecular weight is 780 g/mol. The predicted molar refractivity (Wildman–Crippen MR) is 227 cm³/mol. The lowest BCUT2D eigenvalue weighted by atomic mass is 10.0. The van der Waals surface area contributed by atoms with Crippen molar-refractivity contribution in [1.82, 2.24) is 0 Å². The van der Waals surface area contributed by atoms with E-state index in [1.807, 2.05) is 0 Å². The van der Waals surface area contributed by atoms with Crippen molar-refractivity contribution in [3.8, 4) is 0 Å². The fourth-order valence-corrected chi connectivity index (χ4v) is 7.01. The average Bonchev–Trinajstić information content (AvgIpc) is 3.14. The van der Waals surface area contributed by atoms with Crippen LogP contribution >= 0.6 is 0 Å². The van der Waals surface area contributed by atoms with Gasteiger partial charge in [0.2, 0.25) is 0 Å². The first-order valence-electron chi connectivity index (χ1n) is 23.2. The maximum Gasteiger partial charge on any atom is 0.306 e. The summed E-state index contributed by atoms with van der Waals surface area (Å²) in [5, 5.41) is 11.6. The molecular formula is C47H89NO7. The summed E-state index contributed by atoms with van der Waals surface area (Å²) >= 11 is 0. The molecule has 0 aromatic heterocycles. The minimum Gasteiger partial charge on any atom is -0.544 e. The molecule has 55 heavy (non-hydrogen) atoms. The molecule has 0 saturated heterocycles. The molecule has 2 atom stereocenters. The van der Waals surface area contributed by atoms with Gasteiger partial charge < -0.3 is 28.6 Å². The highest BCUT2D eigenvalue weighted by Crippen LogP contribution is 2.15. The number of ether oxygens (including phenoxy) is 3. The number of nitrogens with zero attached hydrogens (tertiary/aromatic N) is 1. The fourth-order valence-electron chi connectivity index (χ4n) is 7.01. The van der Waals surface area contributed by atoms with Crippen LogP contribution in [0.4, 0.5) is 0 Å². The van der Waals surface area contributed by atoms with Crippen LogP contribution in [0.1, 0.15) is 219 Å². The first-order chi connectivity index (χ1) is 26.6. The van der Waals surface area contributed by atoms with Gasteiger partial charge in [0.25, 0.3) is 0 Å². The van der Waals surface area contributed by atoms with Crippen molar-refractivity contribution in [1.29, 1.82) is 0 Å². The molecule has 0 rings (SSSR count). The number of esters is 2. The quantitative estimate of drug-likeness (QED) is 0.0263. The van der Waals surface area contributed by atoms with E-state index in [4.69, 9.17) is 14.2 Å². The number of rotatable bonds is 42. The van der Waals surface area contributed by atoms with Crippen molar-refractivity contribution < 1.29 is 38.2 Å². The molecule has 0 radical (unpaired) electrons. The van der Waals surface area contributed by atoms with E-state index in [9.17, 15) is 19.5 Å². The van der Waals surface area contributed by atoms with Crippen molar-refractivity contribution in [2.75, 3.05) is 41.0 Å². The lowest BCUT2D eigenvalue weighted by Gasteiger charge is -2.34. The summed E-state index contributed by atoms with van der Waals surface area (Å²) in [4.78, 5) is 36.9. The van der Waals surface area contributed by atoms with E-state index in [-0.39, 0.29) is 42.7 Å². The van der Waals surface area contributed by atoms with Gasteiger partial charge in [0.05, 0.1) is 40.3 Å². The number of hydrogen-bond donors (Lipinski definition) is 0. The fraction of sp³-hybridized carbons (Fsp3) is 0.894. The number of allylic oxidation sites excluding steroid dienone is 2. The zero-order chi connectivity index (χ0) is 40.7. The third kappa shape index (κ3) is 37.4. The second-order valence-electron chi connectivity index (χ2n) is 17.0. The molecule has 0 heterocycles. The summed E-state index contributed by atoms with van der Waals surface area (Å²) in [6.45, 7) is 4.68. The summed E-state index contributed by atoms with van der Waals surface area (Å²) in [7, 11) is 5.41. The van der Waals surface area contributed by atoms with Crippen LogP contribution in [0.3, 0.4) is 0 Å². The Hall–Kier alpha value is -1.93. The number of unbranched alkanes of at least 4 members (excludes halogenated alkanes) is 26. The van der Waals surface area contributed by atoms with Gasteiger partial charge in [0.1, 0.15) is 12.6 Å².